The van der Waals surface area contributed by atoms with Gasteiger partial charge in [-0.05, 0) is 66.8 Å². The van der Waals surface area contributed by atoms with Gasteiger partial charge >= 0.3 is 12.1 Å². The van der Waals surface area contributed by atoms with Crippen LogP contribution in [0.25, 0.3) is 0 Å². The predicted molar refractivity (Wildman–Crippen MR) is 136 cm³/mol. The number of sulfonamides is 1. The van der Waals surface area contributed by atoms with Crippen molar-refractivity contribution in [3.63, 3.8) is 0 Å². The second-order valence-electron chi connectivity index (χ2n) is 8.51. The molecule has 1 saturated carbocycles. The number of anilines is 1. The molecule has 3 N–H and O–H groups in total. The van der Waals surface area contributed by atoms with E-state index in [1.165, 1.54) is 29.8 Å². The molecule has 38 heavy (non-hydrogen) atoms. The Morgan fingerprint density at radius 1 is 0.921 bits per heavy atom. The van der Waals surface area contributed by atoms with Crippen molar-refractivity contribution >= 4 is 39.2 Å². The molecule has 3 aromatic carbocycles. The van der Waals surface area contributed by atoms with E-state index in [1.54, 1.807) is 12.1 Å². The van der Waals surface area contributed by atoms with E-state index in [1.807, 2.05) is 42.5 Å². The van der Waals surface area contributed by atoms with Crippen LogP contribution in [0.5, 0.6) is 0 Å². The number of rotatable bonds is 8. The molecular weight excluding hydrogens is 545 g/mol. The molecule has 12 heteroatoms. The summed E-state index contributed by atoms with van der Waals surface area (Å²) in [5, 5.41) is 10.6. The second-order valence-corrected chi connectivity index (χ2v) is 10.6. The number of carboxylic acid groups (broad SMARTS) is 1. The van der Waals surface area contributed by atoms with Crippen LogP contribution in [-0.2, 0) is 31.4 Å². The van der Waals surface area contributed by atoms with Crippen molar-refractivity contribution in [1.82, 2.24) is 5.32 Å². The van der Waals surface area contributed by atoms with Crippen molar-refractivity contribution in [2.75, 3.05) is 11.3 Å². The summed E-state index contributed by atoms with van der Waals surface area (Å²) < 4.78 is 59.4. The highest BCUT2D eigenvalue weighted by molar-refractivity contribution is 7.92. The number of carboxylic acids is 1. The monoisotopic (exact) mass is 568 g/mol. The number of hydrogen-bond donors (Lipinski definition) is 3. The van der Waals surface area contributed by atoms with Crippen molar-refractivity contribution < 1.29 is 36.3 Å². The molecule has 0 saturated heterocycles. The van der Waals surface area contributed by atoms with E-state index < -0.39 is 27.6 Å². The van der Waals surface area contributed by atoms with E-state index in [2.05, 4.69) is 10.0 Å². The number of halogens is 4. The van der Waals surface area contributed by atoms with Gasteiger partial charge < -0.3 is 10.4 Å². The highest BCUT2D eigenvalue weighted by atomic mass is 35.5. The van der Waals surface area contributed by atoms with Gasteiger partial charge in [0.05, 0.1) is 10.3 Å². The van der Waals surface area contributed by atoms with E-state index in [-0.39, 0.29) is 10.8 Å². The summed E-state index contributed by atoms with van der Waals surface area (Å²) in [7, 11) is -3.71. The number of carbonyl (C=O) groups is 2. The molecule has 0 aromatic heterocycles. The van der Waals surface area contributed by atoms with Crippen LogP contribution >= 0.6 is 11.6 Å². The zero-order valence-corrected chi connectivity index (χ0v) is 21.4. The first-order valence-corrected chi connectivity index (χ1v) is 13.2. The lowest BCUT2D eigenvalue weighted by Gasteiger charge is -2.17. The van der Waals surface area contributed by atoms with Crippen molar-refractivity contribution in [2.24, 2.45) is 0 Å². The topological polar surface area (TPSA) is 113 Å². The zero-order valence-electron chi connectivity index (χ0n) is 19.8. The van der Waals surface area contributed by atoms with E-state index in [0.29, 0.717) is 17.3 Å². The first-order chi connectivity index (χ1) is 17.8. The third-order valence-electron chi connectivity index (χ3n) is 5.78. The maximum Gasteiger partial charge on any atom is 0.490 e. The van der Waals surface area contributed by atoms with Gasteiger partial charge in [-0.2, -0.15) is 13.2 Å². The minimum Gasteiger partial charge on any atom is -0.475 e. The van der Waals surface area contributed by atoms with Gasteiger partial charge in [0.25, 0.3) is 10.0 Å². The Kier molecular flexibility index (Phi) is 9.05. The Hall–Kier alpha value is -3.57. The molecule has 3 aromatic rings. The normalized spacial score (nSPS) is 14.0. The Morgan fingerprint density at radius 2 is 1.47 bits per heavy atom. The van der Waals surface area contributed by atoms with Crippen LogP contribution in [0.4, 0.5) is 18.9 Å². The number of benzene rings is 3. The Bertz CT molecular complexity index is 1360. The molecule has 4 rings (SSSR count). The zero-order chi connectivity index (χ0) is 28.0. The third-order valence-corrected chi connectivity index (χ3v) is 7.43. The summed E-state index contributed by atoms with van der Waals surface area (Å²) in [6.45, 7) is 0.587. The van der Waals surface area contributed by atoms with Gasteiger partial charge in [-0.15, -0.1) is 0 Å². The minimum absolute atomic E-state index is 0.0259. The van der Waals surface area contributed by atoms with Crippen LogP contribution in [0.3, 0.4) is 0 Å². The van der Waals surface area contributed by atoms with Gasteiger partial charge in [-0.3, -0.25) is 9.52 Å². The number of hydrogen-bond acceptors (Lipinski definition) is 4. The van der Waals surface area contributed by atoms with E-state index in [0.717, 1.165) is 24.8 Å². The molecule has 0 heterocycles. The minimum atomic E-state index is -5.08. The van der Waals surface area contributed by atoms with Crippen molar-refractivity contribution in [1.29, 1.82) is 0 Å². The Morgan fingerprint density at radius 3 is 1.97 bits per heavy atom. The van der Waals surface area contributed by atoms with Gasteiger partial charge in [0.2, 0.25) is 5.91 Å². The average Bonchev–Trinajstić information content (AvgIpc) is 3.67. The van der Waals surface area contributed by atoms with E-state index >= 15 is 0 Å². The molecule has 0 atom stereocenters. The SMILES string of the molecule is O=C(NCCc1ccccc1)C1(c2ccc(NS(=O)(=O)c3ccc(Cl)cc3)cc2)CC1.O=C(O)C(F)(F)F. The van der Waals surface area contributed by atoms with Crippen LogP contribution in [-0.4, -0.2) is 38.1 Å². The first-order valence-electron chi connectivity index (χ1n) is 11.3. The molecular formula is C26H24ClF3N2O5S. The highest BCUT2D eigenvalue weighted by Crippen LogP contribution is 2.48. The second kappa shape index (κ2) is 11.9. The largest absolute Gasteiger partial charge is 0.490 e. The summed E-state index contributed by atoms with van der Waals surface area (Å²) in [6, 6.07) is 23.1. The lowest BCUT2D eigenvalue weighted by molar-refractivity contribution is -0.192. The van der Waals surface area contributed by atoms with Crippen LogP contribution in [0.2, 0.25) is 5.02 Å². The van der Waals surface area contributed by atoms with Crippen LogP contribution in [0, 0.1) is 0 Å². The number of alkyl halides is 3. The van der Waals surface area contributed by atoms with Gasteiger partial charge in [-0.1, -0.05) is 54.1 Å². The third kappa shape index (κ3) is 7.72. The molecule has 0 spiro atoms. The number of nitrogens with one attached hydrogen (secondary N) is 2. The van der Waals surface area contributed by atoms with E-state index in [9.17, 15) is 26.4 Å². The molecule has 202 valence electrons. The quantitative estimate of drug-likeness (QED) is 0.347. The first kappa shape index (κ1) is 29.0. The number of aliphatic carboxylic acids is 1. The van der Waals surface area contributed by atoms with Gasteiger partial charge in [0.1, 0.15) is 0 Å². The van der Waals surface area contributed by atoms with Crippen molar-refractivity contribution in [2.45, 2.75) is 35.7 Å². The Balaban J connectivity index is 0.000000505. The highest BCUT2D eigenvalue weighted by Gasteiger charge is 2.51. The molecule has 0 radical (unpaired) electrons. The maximum atomic E-state index is 12.8. The molecule has 0 bridgehead atoms. The molecule has 7 nitrogen and oxygen atoms in total. The molecule has 1 aliphatic carbocycles. The van der Waals surface area contributed by atoms with Crippen LogP contribution < -0.4 is 10.0 Å². The van der Waals surface area contributed by atoms with Crippen LogP contribution in [0.1, 0.15) is 24.0 Å². The molecule has 1 amide bonds. The molecule has 1 fully saturated rings. The predicted octanol–water partition coefficient (Wildman–Crippen LogP) is 5.16. The molecule has 0 unspecified atom stereocenters. The maximum absolute atomic E-state index is 12.8. The Labute approximate surface area is 222 Å². The van der Waals surface area contributed by atoms with Crippen molar-refractivity contribution in [3.8, 4) is 0 Å². The smallest absolute Gasteiger partial charge is 0.475 e. The van der Waals surface area contributed by atoms with Gasteiger partial charge in [-0.25, -0.2) is 13.2 Å². The fourth-order valence-corrected chi connectivity index (χ4v) is 4.78. The summed E-state index contributed by atoms with van der Waals surface area (Å²) in [4.78, 5) is 21.8. The average molecular weight is 569 g/mol. The standard InChI is InChI=1S/C24H23ClN2O3S.C2HF3O2/c25-20-8-12-22(13-9-20)31(29,30)27-21-10-6-19(7-11-21)24(15-16-24)23(28)26-17-14-18-4-2-1-3-5-18;3-2(4,5)1(6)7/h1-13,27H,14-17H2,(H,26,28);(H,6,7). The summed E-state index contributed by atoms with van der Waals surface area (Å²) >= 11 is 5.83. The van der Waals surface area contributed by atoms with E-state index in [4.69, 9.17) is 21.5 Å². The summed E-state index contributed by atoms with van der Waals surface area (Å²) in [5.41, 5.74) is 2.02. The number of carbonyl (C=O) groups excluding carboxylic acids is 1. The fraction of sp³-hybridized carbons (Fsp3) is 0.231. The van der Waals surface area contributed by atoms with Crippen LogP contribution in [0.15, 0.2) is 83.8 Å². The molecule has 0 aliphatic heterocycles. The lowest BCUT2D eigenvalue weighted by atomic mass is 9.94. The lowest BCUT2D eigenvalue weighted by Crippen LogP contribution is -2.35. The number of amides is 1. The van der Waals surface area contributed by atoms with Gasteiger partial charge in [0, 0.05) is 17.3 Å². The fourth-order valence-electron chi connectivity index (χ4n) is 3.59. The summed E-state index contributed by atoms with van der Waals surface area (Å²) in [6.07, 6.45) is -2.71. The summed E-state index contributed by atoms with van der Waals surface area (Å²) in [5.74, 6) is -2.73. The van der Waals surface area contributed by atoms with Crippen molar-refractivity contribution in [3.05, 3.63) is 95.0 Å². The molecule has 1 aliphatic rings. The van der Waals surface area contributed by atoms with Gasteiger partial charge in [0.15, 0.2) is 0 Å².